The molecular weight excluding hydrogens is 264 g/mol. The van der Waals surface area contributed by atoms with Crippen LogP contribution in [-0.4, -0.2) is 24.3 Å². The van der Waals surface area contributed by atoms with E-state index in [9.17, 15) is 4.79 Å². The van der Waals surface area contributed by atoms with Gasteiger partial charge in [-0.1, -0.05) is 45.0 Å². The lowest BCUT2D eigenvalue weighted by Gasteiger charge is -2.19. The maximum Gasteiger partial charge on any atom is 0.331 e. The second-order valence-electron chi connectivity index (χ2n) is 6.08. The molecule has 0 radical (unpaired) electrons. The van der Waals surface area contributed by atoms with Gasteiger partial charge in [-0.3, -0.25) is 0 Å². The van der Waals surface area contributed by atoms with E-state index in [0.717, 1.165) is 11.1 Å². The number of benzene rings is 1. The fourth-order valence-electron chi connectivity index (χ4n) is 2.08. The molecule has 1 aromatic rings. The maximum absolute atomic E-state index is 11.7. The Morgan fingerprint density at radius 1 is 1.24 bits per heavy atom. The SMILES string of the molecule is CCOC(=O)C=C(CCCO)c1ccc(C(C)(C)C)cc1. The summed E-state index contributed by atoms with van der Waals surface area (Å²) in [7, 11) is 0. The van der Waals surface area contributed by atoms with Crippen LogP contribution >= 0.6 is 0 Å². The van der Waals surface area contributed by atoms with Gasteiger partial charge in [-0.15, -0.1) is 0 Å². The minimum atomic E-state index is -0.328. The van der Waals surface area contributed by atoms with Crippen LogP contribution in [0.2, 0.25) is 0 Å². The predicted molar refractivity (Wildman–Crippen MR) is 86.1 cm³/mol. The van der Waals surface area contributed by atoms with Gasteiger partial charge < -0.3 is 9.84 Å². The molecule has 3 nitrogen and oxygen atoms in total. The zero-order valence-corrected chi connectivity index (χ0v) is 13.5. The standard InChI is InChI=1S/C18H26O3/c1-5-21-17(20)13-15(7-6-12-19)14-8-10-16(11-9-14)18(2,3)4/h8-11,13,19H,5-7,12H2,1-4H3. The summed E-state index contributed by atoms with van der Waals surface area (Å²) in [5, 5.41) is 9.01. The Hall–Kier alpha value is -1.61. The first kappa shape index (κ1) is 17.4. The van der Waals surface area contributed by atoms with Crippen molar-refractivity contribution in [3.05, 3.63) is 41.5 Å². The van der Waals surface area contributed by atoms with Gasteiger partial charge in [0, 0.05) is 12.7 Å². The Kier molecular flexibility index (Phi) is 6.63. The van der Waals surface area contributed by atoms with Crippen LogP contribution in [0.3, 0.4) is 0 Å². The van der Waals surface area contributed by atoms with Crippen molar-refractivity contribution in [3.8, 4) is 0 Å². The molecule has 0 spiro atoms. The molecule has 0 aliphatic rings. The van der Waals surface area contributed by atoms with Gasteiger partial charge in [0.1, 0.15) is 0 Å². The van der Waals surface area contributed by atoms with Crippen molar-refractivity contribution in [1.29, 1.82) is 0 Å². The average molecular weight is 290 g/mol. The summed E-state index contributed by atoms with van der Waals surface area (Å²) >= 11 is 0. The molecule has 1 aromatic carbocycles. The first-order valence-electron chi connectivity index (χ1n) is 7.47. The number of ether oxygens (including phenoxy) is 1. The highest BCUT2D eigenvalue weighted by atomic mass is 16.5. The van der Waals surface area contributed by atoms with Crippen LogP contribution in [0.4, 0.5) is 0 Å². The van der Waals surface area contributed by atoms with Crippen LogP contribution in [0.5, 0.6) is 0 Å². The van der Waals surface area contributed by atoms with Crippen molar-refractivity contribution in [2.75, 3.05) is 13.2 Å². The summed E-state index contributed by atoms with van der Waals surface area (Å²) in [6.07, 6.45) is 2.82. The van der Waals surface area contributed by atoms with E-state index in [2.05, 4.69) is 32.9 Å². The molecular formula is C18H26O3. The molecule has 0 aliphatic heterocycles. The first-order chi connectivity index (χ1) is 9.88. The number of hydrogen-bond donors (Lipinski definition) is 1. The van der Waals surface area contributed by atoms with Crippen LogP contribution in [-0.2, 0) is 14.9 Å². The molecule has 21 heavy (non-hydrogen) atoms. The Bertz CT molecular complexity index is 478. The zero-order valence-electron chi connectivity index (χ0n) is 13.5. The summed E-state index contributed by atoms with van der Waals surface area (Å²) < 4.78 is 4.97. The normalized spacial score (nSPS) is 12.3. The van der Waals surface area contributed by atoms with E-state index in [1.54, 1.807) is 6.92 Å². The molecule has 3 heteroatoms. The second-order valence-corrected chi connectivity index (χ2v) is 6.08. The molecule has 0 heterocycles. The number of esters is 1. The molecule has 0 bridgehead atoms. The van der Waals surface area contributed by atoms with E-state index >= 15 is 0 Å². The van der Waals surface area contributed by atoms with Crippen molar-refractivity contribution < 1.29 is 14.6 Å². The number of aliphatic hydroxyl groups is 1. The van der Waals surface area contributed by atoms with E-state index in [1.165, 1.54) is 11.6 Å². The van der Waals surface area contributed by atoms with Crippen molar-refractivity contribution in [2.45, 2.75) is 46.0 Å². The first-order valence-corrected chi connectivity index (χ1v) is 7.47. The lowest BCUT2D eigenvalue weighted by Crippen LogP contribution is -2.10. The fourth-order valence-corrected chi connectivity index (χ4v) is 2.08. The molecule has 116 valence electrons. The molecule has 0 unspecified atom stereocenters. The number of hydrogen-bond acceptors (Lipinski definition) is 3. The minimum Gasteiger partial charge on any atom is -0.463 e. The van der Waals surface area contributed by atoms with Crippen molar-refractivity contribution in [3.63, 3.8) is 0 Å². The smallest absolute Gasteiger partial charge is 0.331 e. The van der Waals surface area contributed by atoms with Crippen molar-refractivity contribution >= 4 is 11.5 Å². The summed E-state index contributed by atoms with van der Waals surface area (Å²) in [6, 6.07) is 8.24. The molecule has 0 amide bonds. The second kappa shape index (κ2) is 7.99. The van der Waals surface area contributed by atoms with Gasteiger partial charge in [-0.2, -0.15) is 0 Å². The highest BCUT2D eigenvalue weighted by molar-refractivity contribution is 5.91. The van der Waals surface area contributed by atoms with Gasteiger partial charge in [-0.05, 0) is 41.9 Å². The predicted octanol–water partition coefficient (Wildman–Crippen LogP) is 3.70. The average Bonchev–Trinajstić information content (AvgIpc) is 2.43. The third-order valence-electron chi connectivity index (χ3n) is 3.30. The summed E-state index contributed by atoms with van der Waals surface area (Å²) in [5.41, 5.74) is 3.27. The summed E-state index contributed by atoms with van der Waals surface area (Å²) in [6.45, 7) is 8.78. The molecule has 0 aliphatic carbocycles. The molecule has 0 saturated carbocycles. The van der Waals surface area contributed by atoms with Crippen molar-refractivity contribution in [1.82, 2.24) is 0 Å². The summed E-state index contributed by atoms with van der Waals surface area (Å²) in [4.78, 5) is 11.7. The topological polar surface area (TPSA) is 46.5 Å². The number of aliphatic hydroxyl groups excluding tert-OH is 1. The number of carbonyl (C=O) groups excluding carboxylic acids is 1. The number of allylic oxidation sites excluding steroid dienone is 1. The Morgan fingerprint density at radius 3 is 2.33 bits per heavy atom. The van der Waals surface area contributed by atoms with E-state index < -0.39 is 0 Å². The Labute approximate surface area is 127 Å². The van der Waals surface area contributed by atoms with E-state index in [4.69, 9.17) is 9.84 Å². The largest absolute Gasteiger partial charge is 0.463 e. The van der Waals surface area contributed by atoms with Gasteiger partial charge in [0.2, 0.25) is 0 Å². The monoisotopic (exact) mass is 290 g/mol. The maximum atomic E-state index is 11.7. The zero-order chi connectivity index (χ0) is 15.9. The lowest BCUT2D eigenvalue weighted by molar-refractivity contribution is -0.137. The minimum absolute atomic E-state index is 0.106. The van der Waals surface area contributed by atoms with Crippen LogP contribution in [0.15, 0.2) is 30.3 Å². The van der Waals surface area contributed by atoms with E-state index in [1.807, 2.05) is 12.1 Å². The van der Waals surface area contributed by atoms with Crippen LogP contribution in [0, 0.1) is 0 Å². The third-order valence-corrected chi connectivity index (χ3v) is 3.30. The number of carbonyl (C=O) groups is 1. The van der Waals surface area contributed by atoms with Gasteiger partial charge in [0.25, 0.3) is 0 Å². The van der Waals surface area contributed by atoms with Gasteiger partial charge in [-0.25, -0.2) is 4.79 Å². The van der Waals surface area contributed by atoms with Crippen LogP contribution in [0.25, 0.3) is 5.57 Å². The highest BCUT2D eigenvalue weighted by Gasteiger charge is 2.13. The number of rotatable bonds is 6. The molecule has 0 saturated heterocycles. The lowest BCUT2D eigenvalue weighted by atomic mass is 9.86. The quantitative estimate of drug-likeness (QED) is 0.642. The van der Waals surface area contributed by atoms with Crippen LogP contribution in [0.1, 0.15) is 51.7 Å². The van der Waals surface area contributed by atoms with Crippen LogP contribution < -0.4 is 0 Å². The highest BCUT2D eigenvalue weighted by Crippen LogP contribution is 2.26. The van der Waals surface area contributed by atoms with E-state index in [-0.39, 0.29) is 18.0 Å². The van der Waals surface area contributed by atoms with Crippen molar-refractivity contribution in [2.24, 2.45) is 0 Å². The van der Waals surface area contributed by atoms with Gasteiger partial charge in [0.15, 0.2) is 0 Å². The fraction of sp³-hybridized carbons (Fsp3) is 0.500. The molecule has 0 atom stereocenters. The molecule has 1 N–H and O–H groups in total. The van der Waals surface area contributed by atoms with Gasteiger partial charge >= 0.3 is 5.97 Å². The molecule has 1 rings (SSSR count). The van der Waals surface area contributed by atoms with E-state index in [0.29, 0.717) is 19.4 Å². The summed E-state index contributed by atoms with van der Waals surface area (Å²) in [5.74, 6) is -0.328. The molecule has 0 fully saturated rings. The molecule has 0 aromatic heterocycles. The van der Waals surface area contributed by atoms with Gasteiger partial charge in [0.05, 0.1) is 6.61 Å². The third kappa shape index (κ3) is 5.72. The Morgan fingerprint density at radius 2 is 1.86 bits per heavy atom. The Balaban J connectivity index is 3.00.